The Hall–Kier alpha value is -3.19. The van der Waals surface area contributed by atoms with Gasteiger partial charge in [0.05, 0.1) is 13.2 Å². The molecule has 7 nitrogen and oxygen atoms in total. The van der Waals surface area contributed by atoms with Gasteiger partial charge in [0.1, 0.15) is 17.7 Å². The van der Waals surface area contributed by atoms with Gasteiger partial charge in [0.2, 0.25) is 11.8 Å². The molecule has 7 heteroatoms. The van der Waals surface area contributed by atoms with Crippen molar-refractivity contribution in [3.63, 3.8) is 0 Å². The average molecular weight is 433 g/mol. The second-order valence-corrected chi connectivity index (χ2v) is 8.40. The number of amides is 1. The Labute approximate surface area is 187 Å². The van der Waals surface area contributed by atoms with Crippen LogP contribution < -0.4 is 15.0 Å². The Balaban J connectivity index is 1.26. The SMILES string of the molecule is O=C(Nc1ccccn1)C1CCC(Oc2nc(N3CCOCC3)cc3ccccc23)CC1. The summed E-state index contributed by atoms with van der Waals surface area (Å²) in [7, 11) is 0. The van der Waals surface area contributed by atoms with Crippen molar-refractivity contribution in [1.29, 1.82) is 0 Å². The van der Waals surface area contributed by atoms with Gasteiger partial charge < -0.3 is 19.7 Å². The number of morpholine rings is 1. The summed E-state index contributed by atoms with van der Waals surface area (Å²) in [5, 5.41) is 5.08. The lowest BCUT2D eigenvalue weighted by molar-refractivity contribution is -0.121. The second-order valence-electron chi connectivity index (χ2n) is 8.40. The van der Waals surface area contributed by atoms with Crippen LogP contribution in [0.4, 0.5) is 11.6 Å². The number of aromatic nitrogens is 2. The molecule has 0 atom stereocenters. The van der Waals surface area contributed by atoms with Crippen LogP contribution in [0.2, 0.25) is 0 Å². The summed E-state index contributed by atoms with van der Waals surface area (Å²) in [6.45, 7) is 3.10. The van der Waals surface area contributed by atoms with E-state index in [9.17, 15) is 4.79 Å². The lowest BCUT2D eigenvalue weighted by Gasteiger charge is -2.30. The monoisotopic (exact) mass is 432 g/mol. The molecule has 1 saturated heterocycles. The van der Waals surface area contributed by atoms with E-state index in [0.717, 1.165) is 68.6 Å². The minimum absolute atomic E-state index is 0.0127. The molecule has 1 amide bonds. The van der Waals surface area contributed by atoms with Crippen LogP contribution in [-0.4, -0.2) is 48.3 Å². The highest BCUT2D eigenvalue weighted by atomic mass is 16.5. The van der Waals surface area contributed by atoms with E-state index in [-0.39, 0.29) is 17.9 Å². The van der Waals surface area contributed by atoms with E-state index >= 15 is 0 Å². The zero-order valence-corrected chi connectivity index (χ0v) is 18.1. The Morgan fingerprint density at radius 2 is 1.81 bits per heavy atom. The molecule has 2 aromatic heterocycles. The molecule has 0 unspecified atom stereocenters. The molecule has 1 aromatic carbocycles. The number of benzene rings is 1. The topological polar surface area (TPSA) is 76.6 Å². The molecule has 1 aliphatic carbocycles. The van der Waals surface area contributed by atoms with Crippen molar-refractivity contribution in [2.45, 2.75) is 31.8 Å². The lowest BCUT2D eigenvalue weighted by Crippen LogP contribution is -2.37. The standard InChI is InChI=1S/C25H28N4O3/c30-24(27-22-7-3-4-12-26-22)18-8-10-20(11-9-18)32-25-21-6-2-1-5-19(21)17-23(28-25)29-13-15-31-16-14-29/h1-7,12,17-18,20H,8-11,13-16H2,(H,26,27,30). The number of nitrogens with one attached hydrogen (secondary N) is 1. The van der Waals surface area contributed by atoms with E-state index in [1.807, 2.05) is 30.3 Å². The Morgan fingerprint density at radius 3 is 2.59 bits per heavy atom. The molecular weight excluding hydrogens is 404 g/mol. The number of carbonyl (C=O) groups excluding carboxylic acids is 1. The number of fused-ring (bicyclic) bond motifs is 1. The van der Waals surface area contributed by atoms with E-state index in [1.54, 1.807) is 6.20 Å². The van der Waals surface area contributed by atoms with E-state index in [1.165, 1.54) is 0 Å². The first-order valence-electron chi connectivity index (χ1n) is 11.4. The maximum absolute atomic E-state index is 12.6. The zero-order valence-electron chi connectivity index (χ0n) is 18.1. The van der Waals surface area contributed by atoms with Crippen LogP contribution in [-0.2, 0) is 9.53 Å². The van der Waals surface area contributed by atoms with Crippen LogP contribution in [0.3, 0.4) is 0 Å². The molecule has 0 bridgehead atoms. The van der Waals surface area contributed by atoms with Gasteiger partial charge in [-0.3, -0.25) is 4.79 Å². The molecule has 2 fully saturated rings. The molecule has 1 saturated carbocycles. The van der Waals surface area contributed by atoms with E-state index in [2.05, 4.69) is 33.4 Å². The summed E-state index contributed by atoms with van der Waals surface area (Å²) in [6.07, 6.45) is 5.00. The summed E-state index contributed by atoms with van der Waals surface area (Å²) >= 11 is 0. The fourth-order valence-corrected chi connectivity index (χ4v) is 4.46. The molecular formula is C25H28N4O3. The Bertz CT molecular complexity index is 1060. The number of pyridine rings is 2. The third kappa shape index (κ3) is 4.67. The van der Waals surface area contributed by atoms with Crippen LogP contribution in [0.5, 0.6) is 5.88 Å². The van der Waals surface area contributed by atoms with Crippen LogP contribution in [0, 0.1) is 5.92 Å². The van der Waals surface area contributed by atoms with Crippen molar-refractivity contribution in [2.75, 3.05) is 36.5 Å². The molecule has 0 spiro atoms. The van der Waals surface area contributed by atoms with Gasteiger partial charge in [-0.15, -0.1) is 0 Å². The van der Waals surface area contributed by atoms with Crippen molar-refractivity contribution >= 4 is 28.3 Å². The van der Waals surface area contributed by atoms with E-state index in [4.69, 9.17) is 14.5 Å². The van der Waals surface area contributed by atoms with Gasteiger partial charge in [-0.1, -0.05) is 24.3 Å². The summed E-state index contributed by atoms with van der Waals surface area (Å²) in [5.74, 6) is 2.25. The van der Waals surface area contributed by atoms with Gasteiger partial charge >= 0.3 is 0 Å². The van der Waals surface area contributed by atoms with Gasteiger partial charge in [0.15, 0.2) is 0 Å². The Kier molecular flexibility index (Phi) is 6.16. The van der Waals surface area contributed by atoms with Gasteiger partial charge in [-0.25, -0.2) is 4.98 Å². The van der Waals surface area contributed by atoms with Crippen molar-refractivity contribution in [3.05, 3.63) is 54.7 Å². The molecule has 0 radical (unpaired) electrons. The summed E-state index contributed by atoms with van der Waals surface area (Å²) in [5.41, 5.74) is 0. The molecule has 3 aromatic rings. The predicted molar refractivity (Wildman–Crippen MR) is 124 cm³/mol. The van der Waals surface area contributed by atoms with Crippen molar-refractivity contribution in [2.24, 2.45) is 5.92 Å². The minimum Gasteiger partial charge on any atom is -0.474 e. The second kappa shape index (κ2) is 9.53. The first-order valence-corrected chi connectivity index (χ1v) is 11.4. The number of nitrogens with zero attached hydrogens (tertiary/aromatic N) is 3. The van der Waals surface area contributed by atoms with Gasteiger partial charge in [0.25, 0.3) is 0 Å². The maximum atomic E-state index is 12.6. The Morgan fingerprint density at radius 1 is 1.03 bits per heavy atom. The van der Waals surface area contributed by atoms with Crippen molar-refractivity contribution < 1.29 is 14.3 Å². The van der Waals surface area contributed by atoms with E-state index < -0.39 is 0 Å². The normalized spacial score (nSPS) is 21.3. The summed E-state index contributed by atoms with van der Waals surface area (Å²) < 4.78 is 11.9. The number of ether oxygens (including phenoxy) is 2. The zero-order chi connectivity index (χ0) is 21.8. The first-order chi connectivity index (χ1) is 15.8. The summed E-state index contributed by atoms with van der Waals surface area (Å²) in [6, 6.07) is 15.9. The third-order valence-electron chi connectivity index (χ3n) is 6.27. The number of rotatable bonds is 5. The number of hydrogen-bond donors (Lipinski definition) is 1. The lowest BCUT2D eigenvalue weighted by atomic mass is 9.86. The van der Waals surface area contributed by atoms with Gasteiger partial charge in [-0.2, -0.15) is 4.98 Å². The van der Waals surface area contributed by atoms with Crippen molar-refractivity contribution in [3.8, 4) is 5.88 Å². The number of hydrogen-bond acceptors (Lipinski definition) is 6. The molecule has 2 aliphatic rings. The average Bonchev–Trinajstić information content (AvgIpc) is 2.85. The maximum Gasteiger partial charge on any atom is 0.228 e. The largest absolute Gasteiger partial charge is 0.474 e. The smallest absolute Gasteiger partial charge is 0.228 e. The van der Waals surface area contributed by atoms with Crippen LogP contribution >= 0.6 is 0 Å². The fourth-order valence-electron chi connectivity index (χ4n) is 4.46. The highest BCUT2D eigenvalue weighted by molar-refractivity contribution is 5.91. The third-order valence-corrected chi connectivity index (χ3v) is 6.27. The molecule has 3 heterocycles. The number of carbonyl (C=O) groups is 1. The number of anilines is 2. The van der Waals surface area contributed by atoms with Gasteiger partial charge in [-0.05, 0) is 55.3 Å². The molecule has 32 heavy (non-hydrogen) atoms. The van der Waals surface area contributed by atoms with Crippen LogP contribution in [0.1, 0.15) is 25.7 Å². The van der Waals surface area contributed by atoms with E-state index in [0.29, 0.717) is 11.7 Å². The molecule has 5 rings (SSSR count). The molecule has 1 N–H and O–H groups in total. The van der Waals surface area contributed by atoms with Crippen LogP contribution in [0.15, 0.2) is 54.7 Å². The molecule has 1 aliphatic heterocycles. The highest BCUT2D eigenvalue weighted by Crippen LogP contribution is 2.33. The minimum atomic E-state index is -0.0127. The fraction of sp³-hybridized carbons (Fsp3) is 0.400. The summed E-state index contributed by atoms with van der Waals surface area (Å²) in [4.78, 5) is 23.9. The highest BCUT2D eigenvalue weighted by Gasteiger charge is 2.28. The van der Waals surface area contributed by atoms with Gasteiger partial charge in [0, 0.05) is 30.6 Å². The predicted octanol–water partition coefficient (Wildman–Crippen LogP) is 4.04. The molecule has 166 valence electrons. The van der Waals surface area contributed by atoms with Crippen molar-refractivity contribution in [1.82, 2.24) is 9.97 Å². The quantitative estimate of drug-likeness (QED) is 0.656. The van der Waals surface area contributed by atoms with Crippen LogP contribution in [0.25, 0.3) is 10.8 Å². The first kappa shape index (κ1) is 20.7.